The molecule has 2 amide bonds. The lowest BCUT2D eigenvalue weighted by Gasteiger charge is -2.31. The fourth-order valence-corrected chi connectivity index (χ4v) is 4.18. The van der Waals surface area contributed by atoms with Gasteiger partial charge in [0.2, 0.25) is 11.8 Å². The van der Waals surface area contributed by atoms with Gasteiger partial charge in [-0.3, -0.25) is 14.5 Å². The Hall–Kier alpha value is -1.92. The van der Waals surface area contributed by atoms with Crippen LogP contribution in [-0.2, 0) is 27.3 Å². The van der Waals surface area contributed by atoms with Crippen LogP contribution in [0.4, 0.5) is 0 Å². The number of hydrogen-bond donors (Lipinski definition) is 0. The molecule has 1 aromatic carbocycles. The van der Waals surface area contributed by atoms with Crippen molar-refractivity contribution in [2.24, 2.45) is 5.92 Å². The van der Waals surface area contributed by atoms with Gasteiger partial charge in [-0.05, 0) is 17.5 Å². The fraction of sp³-hybridized carbons (Fsp3) is 0.600. The first-order valence-electron chi connectivity index (χ1n) is 9.64. The molecule has 6 nitrogen and oxygen atoms in total. The average molecular weight is 357 g/mol. The summed E-state index contributed by atoms with van der Waals surface area (Å²) in [6.45, 7) is 6.98. The van der Waals surface area contributed by atoms with E-state index in [0.717, 1.165) is 45.8 Å². The van der Waals surface area contributed by atoms with Gasteiger partial charge in [-0.1, -0.05) is 24.3 Å². The van der Waals surface area contributed by atoms with Gasteiger partial charge in [0.25, 0.3) is 0 Å². The Kier molecular flexibility index (Phi) is 5.22. The molecule has 3 heterocycles. The van der Waals surface area contributed by atoms with Gasteiger partial charge in [-0.15, -0.1) is 0 Å². The highest BCUT2D eigenvalue weighted by Crippen LogP contribution is 2.24. The number of fused-ring (bicyclic) bond motifs is 1. The molecular weight excluding hydrogens is 330 g/mol. The van der Waals surface area contributed by atoms with Crippen LogP contribution in [0.2, 0.25) is 0 Å². The molecule has 0 spiro atoms. The molecule has 0 aromatic heterocycles. The number of ether oxygens (including phenoxy) is 1. The number of carbonyl (C=O) groups excluding carboxylic acids is 2. The van der Waals surface area contributed by atoms with E-state index in [-0.39, 0.29) is 17.7 Å². The van der Waals surface area contributed by atoms with Crippen molar-refractivity contribution in [3.63, 3.8) is 0 Å². The van der Waals surface area contributed by atoms with Gasteiger partial charge in [-0.25, -0.2) is 0 Å². The van der Waals surface area contributed by atoms with E-state index in [1.165, 1.54) is 11.1 Å². The zero-order valence-electron chi connectivity index (χ0n) is 15.2. The Balaban J connectivity index is 1.31. The number of benzene rings is 1. The summed E-state index contributed by atoms with van der Waals surface area (Å²) in [4.78, 5) is 31.4. The minimum absolute atomic E-state index is 0.119. The van der Waals surface area contributed by atoms with E-state index >= 15 is 0 Å². The molecule has 0 N–H and O–H groups in total. The van der Waals surface area contributed by atoms with Crippen LogP contribution in [0, 0.1) is 5.92 Å². The van der Waals surface area contributed by atoms with Crippen LogP contribution in [0.5, 0.6) is 0 Å². The third kappa shape index (κ3) is 3.76. The number of morpholine rings is 1. The Labute approximate surface area is 154 Å². The number of hydrogen-bond acceptors (Lipinski definition) is 4. The van der Waals surface area contributed by atoms with Gasteiger partial charge in [-0.2, -0.15) is 0 Å². The molecule has 140 valence electrons. The highest BCUT2D eigenvalue weighted by molar-refractivity contribution is 5.89. The van der Waals surface area contributed by atoms with Crippen LogP contribution >= 0.6 is 0 Å². The first-order valence-corrected chi connectivity index (χ1v) is 9.64. The Morgan fingerprint density at radius 1 is 1.08 bits per heavy atom. The molecule has 3 aliphatic heterocycles. The lowest BCUT2D eigenvalue weighted by atomic mass is 9.98. The predicted octanol–water partition coefficient (Wildman–Crippen LogP) is 0.752. The van der Waals surface area contributed by atoms with Crippen LogP contribution in [0.15, 0.2) is 24.3 Å². The second-order valence-corrected chi connectivity index (χ2v) is 7.47. The van der Waals surface area contributed by atoms with E-state index in [4.69, 9.17) is 4.74 Å². The molecule has 0 radical (unpaired) electrons. The molecule has 26 heavy (non-hydrogen) atoms. The molecule has 0 aliphatic carbocycles. The fourth-order valence-electron chi connectivity index (χ4n) is 4.18. The SMILES string of the molecule is O=C1CC(C(=O)N2CCc3ccccc3C2)CN1CCN1CCOCC1. The van der Waals surface area contributed by atoms with Crippen LogP contribution in [0.3, 0.4) is 0 Å². The van der Waals surface area contributed by atoms with Crippen LogP contribution in [0.1, 0.15) is 17.5 Å². The standard InChI is InChI=1S/C20H27N3O3/c24-19-13-18(15-22(19)8-7-21-9-11-26-12-10-21)20(25)23-6-5-16-3-1-2-4-17(16)14-23/h1-4,18H,5-15H2. The summed E-state index contributed by atoms with van der Waals surface area (Å²) in [6.07, 6.45) is 1.27. The van der Waals surface area contributed by atoms with Crippen LogP contribution in [0.25, 0.3) is 0 Å². The van der Waals surface area contributed by atoms with Gasteiger partial charge in [0.1, 0.15) is 0 Å². The molecule has 1 unspecified atom stereocenters. The summed E-state index contributed by atoms with van der Waals surface area (Å²) in [7, 11) is 0. The van der Waals surface area contributed by atoms with Gasteiger partial charge >= 0.3 is 0 Å². The summed E-state index contributed by atoms with van der Waals surface area (Å²) in [6, 6.07) is 8.32. The van der Waals surface area contributed by atoms with Crippen molar-refractivity contribution in [2.45, 2.75) is 19.4 Å². The molecule has 4 rings (SSSR count). The lowest BCUT2D eigenvalue weighted by molar-refractivity contribution is -0.136. The highest BCUT2D eigenvalue weighted by Gasteiger charge is 2.37. The molecule has 1 atom stereocenters. The van der Waals surface area contributed by atoms with Gasteiger partial charge in [0, 0.05) is 52.2 Å². The van der Waals surface area contributed by atoms with Crippen molar-refractivity contribution in [3.05, 3.63) is 35.4 Å². The zero-order valence-corrected chi connectivity index (χ0v) is 15.2. The van der Waals surface area contributed by atoms with Crippen molar-refractivity contribution in [3.8, 4) is 0 Å². The maximum Gasteiger partial charge on any atom is 0.228 e. The maximum absolute atomic E-state index is 12.9. The van der Waals surface area contributed by atoms with Crippen LogP contribution in [-0.4, -0.2) is 79.0 Å². The topological polar surface area (TPSA) is 53.1 Å². The molecule has 0 bridgehead atoms. The molecule has 6 heteroatoms. The number of amides is 2. The summed E-state index contributed by atoms with van der Waals surface area (Å²) in [5, 5.41) is 0. The van der Waals surface area contributed by atoms with Crippen molar-refractivity contribution < 1.29 is 14.3 Å². The van der Waals surface area contributed by atoms with E-state index in [2.05, 4.69) is 23.1 Å². The summed E-state index contributed by atoms with van der Waals surface area (Å²) < 4.78 is 5.36. The quantitative estimate of drug-likeness (QED) is 0.798. The van der Waals surface area contributed by atoms with Crippen molar-refractivity contribution >= 4 is 11.8 Å². The molecule has 1 aromatic rings. The Morgan fingerprint density at radius 3 is 2.65 bits per heavy atom. The zero-order chi connectivity index (χ0) is 17.9. The molecular formula is C20H27N3O3. The normalized spacial score (nSPS) is 24.0. The van der Waals surface area contributed by atoms with Gasteiger partial charge < -0.3 is 14.5 Å². The van der Waals surface area contributed by atoms with E-state index < -0.39 is 0 Å². The monoisotopic (exact) mass is 357 g/mol. The van der Waals surface area contributed by atoms with E-state index in [1.54, 1.807) is 0 Å². The maximum atomic E-state index is 12.9. The lowest BCUT2D eigenvalue weighted by Crippen LogP contribution is -2.43. The van der Waals surface area contributed by atoms with Gasteiger partial charge in [0.05, 0.1) is 19.1 Å². The highest BCUT2D eigenvalue weighted by atomic mass is 16.5. The third-order valence-corrected chi connectivity index (χ3v) is 5.80. The minimum Gasteiger partial charge on any atom is -0.379 e. The summed E-state index contributed by atoms with van der Waals surface area (Å²) >= 11 is 0. The van der Waals surface area contributed by atoms with Crippen molar-refractivity contribution in [2.75, 3.05) is 52.5 Å². The molecule has 2 saturated heterocycles. The average Bonchev–Trinajstić information content (AvgIpc) is 3.07. The van der Waals surface area contributed by atoms with E-state index in [9.17, 15) is 9.59 Å². The first-order chi connectivity index (χ1) is 12.7. The second-order valence-electron chi connectivity index (χ2n) is 7.47. The molecule has 0 saturated carbocycles. The van der Waals surface area contributed by atoms with Crippen molar-refractivity contribution in [1.29, 1.82) is 0 Å². The number of nitrogens with zero attached hydrogens (tertiary/aromatic N) is 3. The number of likely N-dealkylation sites (tertiary alicyclic amines) is 1. The van der Waals surface area contributed by atoms with Crippen LogP contribution < -0.4 is 0 Å². The third-order valence-electron chi connectivity index (χ3n) is 5.80. The van der Waals surface area contributed by atoms with Gasteiger partial charge in [0.15, 0.2) is 0 Å². The first kappa shape index (κ1) is 17.5. The summed E-state index contributed by atoms with van der Waals surface area (Å²) in [5.74, 6) is 0.0770. The molecule has 3 aliphatic rings. The summed E-state index contributed by atoms with van der Waals surface area (Å²) in [5.41, 5.74) is 2.58. The smallest absolute Gasteiger partial charge is 0.228 e. The van der Waals surface area contributed by atoms with E-state index in [1.807, 2.05) is 15.9 Å². The predicted molar refractivity (Wildman–Crippen MR) is 97.5 cm³/mol. The van der Waals surface area contributed by atoms with Crippen molar-refractivity contribution in [1.82, 2.24) is 14.7 Å². The Bertz CT molecular complexity index is 672. The Morgan fingerprint density at radius 2 is 1.85 bits per heavy atom. The number of rotatable bonds is 4. The minimum atomic E-state index is -0.183. The molecule has 2 fully saturated rings. The number of carbonyl (C=O) groups is 2. The second kappa shape index (κ2) is 7.76. The largest absolute Gasteiger partial charge is 0.379 e. The van der Waals surface area contributed by atoms with E-state index in [0.29, 0.717) is 26.1 Å².